The predicted molar refractivity (Wildman–Crippen MR) is 79.6 cm³/mol. The summed E-state index contributed by atoms with van der Waals surface area (Å²) in [5, 5.41) is 9.83. The summed E-state index contributed by atoms with van der Waals surface area (Å²) in [5.41, 5.74) is 0.104. The van der Waals surface area contributed by atoms with Crippen molar-refractivity contribution in [3.8, 4) is 6.07 Å². The van der Waals surface area contributed by atoms with E-state index in [0.29, 0.717) is 5.03 Å². The van der Waals surface area contributed by atoms with E-state index in [-0.39, 0.29) is 12.2 Å². The fourth-order valence-corrected chi connectivity index (χ4v) is 2.45. The van der Waals surface area contributed by atoms with Gasteiger partial charge >= 0.3 is 5.97 Å². The molecule has 0 aromatic heterocycles. The zero-order chi connectivity index (χ0) is 14.7. The van der Waals surface area contributed by atoms with Crippen molar-refractivity contribution >= 4 is 17.7 Å². The van der Waals surface area contributed by atoms with Crippen LogP contribution in [0.3, 0.4) is 0 Å². The van der Waals surface area contributed by atoms with Crippen LogP contribution in [0.4, 0.5) is 0 Å². The van der Waals surface area contributed by atoms with Crippen LogP contribution >= 0.6 is 11.8 Å². The standard InChI is InChI=1S/C14H24N2O2S/c1-5-7-8-9-10-16(3)13(19-4)12(11-15)14(17)18-6-2/h5-10H2,1-4H3/b13-12-. The average molecular weight is 284 g/mol. The van der Waals surface area contributed by atoms with Gasteiger partial charge in [0.2, 0.25) is 0 Å². The molecular formula is C14H24N2O2S. The van der Waals surface area contributed by atoms with Crippen LogP contribution in [0.2, 0.25) is 0 Å². The Hall–Kier alpha value is -1.15. The third-order valence-corrected chi connectivity index (χ3v) is 3.59. The molecule has 0 amide bonds. The van der Waals surface area contributed by atoms with Gasteiger partial charge in [0.1, 0.15) is 6.07 Å². The minimum absolute atomic E-state index is 0.104. The van der Waals surface area contributed by atoms with Crippen LogP contribution in [-0.4, -0.2) is 37.3 Å². The predicted octanol–water partition coefficient (Wildman–Crippen LogP) is 3.16. The Morgan fingerprint density at radius 3 is 2.47 bits per heavy atom. The lowest BCUT2D eigenvalue weighted by molar-refractivity contribution is -0.138. The Kier molecular flexibility index (Phi) is 10.1. The zero-order valence-corrected chi connectivity index (χ0v) is 13.2. The Labute approximate surface area is 120 Å². The largest absolute Gasteiger partial charge is 0.462 e. The SMILES string of the molecule is CCCCCCN(C)/C(SC)=C(\C#N)C(=O)OCC. The second-order valence-electron chi connectivity index (χ2n) is 4.20. The molecule has 0 saturated carbocycles. The lowest BCUT2D eigenvalue weighted by Crippen LogP contribution is -2.21. The summed E-state index contributed by atoms with van der Waals surface area (Å²) >= 11 is 1.41. The fourth-order valence-electron chi connectivity index (χ4n) is 1.71. The highest BCUT2D eigenvalue weighted by Crippen LogP contribution is 2.21. The summed E-state index contributed by atoms with van der Waals surface area (Å²) in [4.78, 5) is 13.7. The minimum Gasteiger partial charge on any atom is -0.462 e. The number of rotatable bonds is 9. The van der Waals surface area contributed by atoms with E-state index in [1.807, 2.05) is 24.3 Å². The Morgan fingerprint density at radius 1 is 1.32 bits per heavy atom. The zero-order valence-electron chi connectivity index (χ0n) is 12.4. The van der Waals surface area contributed by atoms with Gasteiger partial charge in [-0.05, 0) is 19.6 Å². The molecule has 0 aromatic carbocycles. The highest BCUT2D eigenvalue weighted by atomic mass is 32.2. The van der Waals surface area contributed by atoms with Gasteiger partial charge in [-0.2, -0.15) is 5.26 Å². The van der Waals surface area contributed by atoms with E-state index in [0.717, 1.165) is 13.0 Å². The number of hydrogen-bond donors (Lipinski definition) is 0. The molecule has 0 bridgehead atoms. The molecule has 108 valence electrons. The first kappa shape index (κ1) is 17.8. The summed E-state index contributed by atoms with van der Waals surface area (Å²) in [7, 11) is 1.91. The molecule has 0 rings (SSSR count). The first-order valence-corrected chi connectivity index (χ1v) is 7.91. The van der Waals surface area contributed by atoms with Gasteiger partial charge in [0.05, 0.1) is 11.6 Å². The number of carbonyl (C=O) groups excluding carboxylic acids is 1. The monoisotopic (exact) mass is 284 g/mol. The van der Waals surface area contributed by atoms with E-state index >= 15 is 0 Å². The second kappa shape index (κ2) is 10.7. The lowest BCUT2D eigenvalue weighted by atomic mass is 10.2. The van der Waals surface area contributed by atoms with Crippen LogP contribution in [0.25, 0.3) is 0 Å². The summed E-state index contributed by atoms with van der Waals surface area (Å²) in [6, 6.07) is 1.96. The van der Waals surface area contributed by atoms with Crippen molar-refractivity contribution in [3.63, 3.8) is 0 Å². The number of ether oxygens (including phenoxy) is 1. The van der Waals surface area contributed by atoms with Crippen LogP contribution in [-0.2, 0) is 9.53 Å². The van der Waals surface area contributed by atoms with Crippen LogP contribution in [0, 0.1) is 11.3 Å². The first-order valence-electron chi connectivity index (χ1n) is 6.68. The summed E-state index contributed by atoms with van der Waals surface area (Å²) in [5.74, 6) is -0.533. The van der Waals surface area contributed by atoms with Crippen LogP contribution in [0.5, 0.6) is 0 Å². The number of thioether (sulfide) groups is 1. The number of nitriles is 1. The molecule has 19 heavy (non-hydrogen) atoms. The summed E-state index contributed by atoms with van der Waals surface area (Å²) in [6.45, 7) is 5.04. The molecular weight excluding hydrogens is 260 g/mol. The minimum atomic E-state index is -0.533. The summed E-state index contributed by atoms with van der Waals surface area (Å²) < 4.78 is 4.91. The topological polar surface area (TPSA) is 53.3 Å². The first-order chi connectivity index (χ1) is 9.12. The molecule has 0 radical (unpaired) electrons. The highest BCUT2D eigenvalue weighted by Gasteiger charge is 2.18. The maximum Gasteiger partial charge on any atom is 0.351 e. The van der Waals surface area contributed by atoms with Gasteiger partial charge in [0.15, 0.2) is 5.57 Å². The lowest BCUT2D eigenvalue weighted by Gasteiger charge is -2.22. The van der Waals surface area contributed by atoms with Crippen molar-refractivity contribution in [2.24, 2.45) is 0 Å². The normalized spacial score (nSPS) is 11.5. The van der Waals surface area contributed by atoms with Crippen molar-refractivity contribution in [2.45, 2.75) is 39.5 Å². The molecule has 0 spiro atoms. The van der Waals surface area contributed by atoms with Gasteiger partial charge in [-0.15, -0.1) is 11.8 Å². The van der Waals surface area contributed by atoms with Gasteiger partial charge in [-0.1, -0.05) is 26.2 Å². The highest BCUT2D eigenvalue weighted by molar-refractivity contribution is 8.02. The van der Waals surface area contributed by atoms with Gasteiger partial charge in [0, 0.05) is 13.6 Å². The van der Waals surface area contributed by atoms with Gasteiger partial charge in [-0.25, -0.2) is 4.79 Å². The van der Waals surface area contributed by atoms with Gasteiger partial charge in [0.25, 0.3) is 0 Å². The third-order valence-electron chi connectivity index (χ3n) is 2.69. The second-order valence-corrected chi connectivity index (χ2v) is 4.99. The maximum absolute atomic E-state index is 11.7. The molecule has 0 aliphatic rings. The molecule has 0 atom stereocenters. The van der Waals surface area contributed by atoms with Crippen LogP contribution in [0.15, 0.2) is 10.6 Å². The fraction of sp³-hybridized carbons (Fsp3) is 0.714. The van der Waals surface area contributed by atoms with E-state index in [1.165, 1.54) is 31.0 Å². The molecule has 0 N–H and O–H groups in total. The number of hydrogen-bond acceptors (Lipinski definition) is 5. The molecule has 0 aromatic rings. The molecule has 0 aliphatic carbocycles. The molecule has 5 heteroatoms. The van der Waals surface area contributed by atoms with Gasteiger partial charge < -0.3 is 9.64 Å². The molecule has 0 aliphatic heterocycles. The smallest absolute Gasteiger partial charge is 0.351 e. The molecule has 0 unspecified atom stereocenters. The van der Waals surface area contributed by atoms with E-state index < -0.39 is 5.97 Å². The van der Waals surface area contributed by atoms with Crippen molar-refractivity contribution in [1.82, 2.24) is 4.90 Å². The van der Waals surface area contributed by atoms with Crippen LogP contribution in [0.1, 0.15) is 39.5 Å². The number of unbranched alkanes of at least 4 members (excludes halogenated alkanes) is 3. The number of nitrogens with zero attached hydrogens (tertiary/aromatic N) is 2. The van der Waals surface area contributed by atoms with Crippen molar-refractivity contribution in [1.29, 1.82) is 5.26 Å². The quantitative estimate of drug-likeness (QED) is 0.282. The molecule has 0 heterocycles. The molecule has 0 saturated heterocycles. The molecule has 0 fully saturated rings. The van der Waals surface area contributed by atoms with E-state index in [1.54, 1.807) is 6.92 Å². The number of carbonyl (C=O) groups is 1. The van der Waals surface area contributed by atoms with Crippen LogP contribution < -0.4 is 0 Å². The Morgan fingerprint density at radius 2 is 2.00 bits per heavy atom. The van der Waals surface area contributed by atoms with E-state index in [9.17, 15) is 4.79 Å². The average Bonchev–Trinajstić information content (AvgIpc) is 2.40. The molecule has 4 nitrogen and oxygen atoms in total. The maximum atomic E-state index is 11.7. The Balaban J connectivity index is 4.73. The Bertz CT molecular complexity index is 348. The summed E-state index contributed by atoms with van der Waals surface area (Å²) in [6.07, 6.45) is 6.52. The van der Waals surface area contributed by atoms with Crippen molar-refractivity contribution in [2.75, 3.05) is 26.5 Å². The third kappa shape index (κ3) is 6.53. The van der Waals surface area contributed by atoms with E-state index in [2.05, 4.69) is 6.92 Å². The van der Waals surface area contributed by atoms with Crippen molar-refractivity contribution in [3.05, 3.63) is 10.6 Å². The van der Waals surface area contributed by atoms with E-state index in [4.69, 9.17) is 10.00 Å². The number of esters is 1. The van der Waals surface area contributed by atoms with Crippen molar-refractivity contribution < 1.29 is 9.53 Å². The van der Waals surface area contributed by atoms with Gasteiger partial charge in [-0.3, -0.25) is 0 Å².